The summed E-state index contributed by atoms with van der Waals surface area (Å²) in [4.78, 5) is 4.22. The summed E-state index contributed by atoms with van der Waals surface area (Å²) in [5.41, 5.74) is 1.77. The van der Waals surface area contributed by atoms with Gasteiger partial charge in [0, 0.05) is 18.0 Å². The molecule has 0 spiro atoms. The first kappa shape index (κ1) is 12.6. The van der Waals surface area contributed by atoms with Gasteiger partial charge >= 0.3 is 0 Å². The van der Waals surface area contributed by atoms with Crippen molar-refractivity contribution in [1.82, 2.24) is 4.98 Å². The monoisotopic (exact) mass is 233 g/mol. The van der Waals surface area contributed by atoms with Gasteiger partial charge in [0.05, 0.1) is 5.60 Å². The number of aliphatic hydroxyl groups is 1. The standard InChI is InChI=1S/C15H23NO/c1-11-7-13(10-16-9-11)15(17)6-5-14(3,4)8-12(15)2/h7,9-10,12,17H,5-6,8H2,1-4H3. The van der Waals surface area contributed by atoms with Crippen molar-refractivity contribution in [2.45, 2.75) is 52.6 Å². The van der Waals surface area contributed by atoms with E-state index in [1.165, 1.54) is 0 Å². The molecule has 2 nitrogen and oxygen atoms in total. The van der Waals surface area contributed by atoms with Crippen LogP contribution in [0.5, 0.6) is 0 Å². The number of aryl methyl sites for hydroxylation is 1. The van der Waals surface area contributed by atoms with Gasteiger partial charge in [-0.1, -0.05) is 26.8 Å². The molecule has 1 fully saturated rings. The van der Waals surface area contributed by atoms with Crippen molar-refractivity contribution >= 4 is 0 Å². The SMILES string of the molecule is Cc1cncc(C2(O)CCC(C)(C)CC2C)c1. The third-order valence-electron chi connectivity index (χ3n) is 4.23. The average molecular weight is 233 g/mol. The quantitative estimate of drug-likeness (QED) is 0.806. The summed E-state index contributed by atoms with van der Waals surface area (Å²) in [5.74, 6) is 0.287. The number of hydrogen-bond donors (Lipinski definition) is 1. The maximum Gasteiger partial charge on any atom is 0.0937 e. The minimum absolute atomic E-state index is 0.287. The summed E-state index contributed by atoms with van der Waals surface area (Å²) in [7, 11) is 0. The molecule has 1 aliphatic carbocycles. The first-order valence-corrected chi connectivity index (χ1v) is 6.48. The Bertz CT molecular complexity index is 413. The minimum atomic E-state index is -0.686. The highest BCUT2D eigenvalue weighted by atomic mass is 16.3. The summed E-state index contributed by atoms with van der Waals surface area (Å²) >= 11 is 0. The Hall–Kier alpha value is -0.890. The van der Waals surface area contributed by atoms with Crippen LogP contribution in [-0.2, 0) is 5.60 Å². The molecule has 0 bridgehead atoms. The molecule has 0 aromatic carbocycles. The maximum absolute atomic E-state index is 10.9. The van der Waals surface area contributed by atoms with E-state index in [2.05, 4.69) is 31.8 Å². The fraction of sp³-hybridized carbons (Fsp3) is 0.667. The van der Waals surface area contributed by atoms with Crippen LogP contribution in [-0.4, -0.2) is 10.1 Å². The molecule has 1 heterocycles. The predicted molar refractivity (Wildman–Crippen MR) is 69.7 cm³/mol. The van der Waals surface area contributed by atoms with E-state index in [4.69, 9.17) is 0 Å². The highest BCUT2D eigenvalue weighted by Gasteiger charge is 2.43. The molecular weight excluding hydrogens is 210 g/mol. The molecule has 1 N–H and O–H groups in total. The van der Waals surface area contributed by atoms with Gasteiger partial charge in [-0.05, 0) is 43.1 Å². The van der Waals surface area contributed by atoms with Gasteiger partial charge in [-0.25, -0.2) is 0 Å². The molecule has 94 valence electrons. The van der Waals surface area contributed by atoms with Crippen LogP contribution in [0, 0.1) is 18.3 Å². The van der Waals surface area contributed by atoms with Gasteiger partial charge < -0.3 is 5.11 Å². The molecule has 2 atom stereocenters. The third-order valence-corrected chi connectivity index (χ3v) is 4.23. The van der Waals surface area contributed by atoms with E-state index >= 15 is 0 Å². The summed E-state index contributed by atoms with van der Waals surface area (Å²) in [6.45, 7) is 8.76. The van der Waals surface area contributed by atoms with E-state index in [1.807, 2.05) is 19.3 Å². The molecule has 1 aliphatic rings. The average Bonchev–Trinajstić information content (AvgIpc) is 2.24. The summed E-state index contributed by atoms with van der Waals surface area (Å²) in [6, 6.07) is 2.07. The predicted octanol–water partition coefficient (Wildman–Crippen LogP) is 3.42. The van der Waals surface area contributed by atoms with Gasteiger partial charge in [-0.15, -0.1) is 0 Å². The molecule has 0 aliphatic heterocycles. The Morgan fingerprint density at radius 3 is 2.59 bits per heavy atom. The molecule has 0 amide bonds. The van der Waals surface area contributed by atoms with Crippen molar-refractivity contribution in [2.75, 3.05) is 0 Å². The Labute approximate surface area is 104 Å². The van der Waals surface area contributed by atoms with Crippen LogP contribution in [0.25, 0.3) is 0 Å². The van der Waals surface area contributed by atoms with E-state index in [9.17, 15) is 5.11 Å². The molecule has 0 radical (unpaired) electrons. The first-order chi connectivity index (χ1) is 7.83. The van der Waals surface area contributed by atoms with Gasteiger partial charge in [-0.3, -0.25) is 4.98 Å². The van der Waals surface area contributed by atoms with E-state index in [0.29, 0.717) is 5.41 Å². The number of nitrogens with zero attached hydrogens (tertiary/aromatic N) is 1. The normalized spacial score (nSPS) is 32.4. The smallest absolute Gasteiger partial charge is 0.0937 e. The van der Waals surface area contributed by atoms with Gasteiger partial charge in [0.2, 0.25) is 0 Å². The lowest BCUT2D eigenvalue weighted by molar-refractivity contribution is -0.0772. The Kier molecular flexibility index (Phi) is 3.03. The van der Waals surface area contributed by atoms with E-state index < -0.39 is 5.60 Å². The highest BCUT2D eigenvalue weighted by molar-refractivity contribution is 5.24. The van der Waals surface area contributed by atoms with Crippen molar-refractivity contribution in [2.24, 2.45) is 11.3 Å². The summed E-state index contributed by atoms with van der Waals surface area (Å²) < 4.78 is 0. The van der Waals surface area contributed by atoms with Crippen LogP contribution in [0.15, 0.2) is 18.5 Å². The highest BCUT2D eigenvalue weighted by Crippen LogP contribution is 2.48. The molecule has 1 saturated carbocycles. The lowest BCUT2D eigenvalue weighted by atomic mass is 9.63. The molecule has 0 saturated heterocycles. The third kappa shape index (κ3) is 2.37. The number of aromatic nitrogens is 1. The second-order valence-corrected chi connectivity index (χ2v) is 6.44. The topological polar surface area (TPSA) is 33.1 Å². The molecule has 2 heteroatoms. The van der Waals surface area contributed by atoms with Gasteiger partial charge in [0.15, 0.2) is 0 Å². The van der Waals surface area contributed by atoms with Crippen molar-refractivity contribution in [3.63, 3.8) is 0 Å². The van der Waals surface area contributed by atoms with Crippen LogP contribution in [0.4, 0.5) is 0 Å². The van der Waals surface area contributed by atoms with Crippen molar-refractivity contribution in [3.05, 3.63) is 29.6 Å². The Balaban J connectivity index is 2.31. The molecular formula is C15H23NO. The summed E-state index contributed by atoms with van der Waals surface area (Å²) in [6.07, 6.45) is 6.64. The van der Waals surface area contributed by atoms with Crippen molar-refractivity contribution in [3.8, 4) is 0 Å². The van der Waals surface area contributed by atoms with Crippen LogP contribution in [0.1, 0.15) is 51.2 Å². The minimum Gasteiger partial charge on any atom is -0.385 e. The second kappa shape index (κ2) is 4.09. The van der Waals surface area contributed by atoms with Crippen LogP contribution >= 0.6 is 0 Å². The van der Waals surface area contributed by atoms with Gasteiger partial charge in [-0.2, -0.15) is 0 Å². The zero-order valence-electron chi connectivity index (χ0n) is 11.3. The lowest BCUT2D eigenvalue weighted by Gasteiger charge is -2.45. The zero-order valence-corrected chi connectivity index (χ0v) is 11.3. The zero-order chi connectivity index (χ0) is 12.7. The molecule has 2 unspecified atom stereocenters. The molecule has 1 aromatic heterocycles. The van der Waals surface area contributed by atoms with Crippen molar-refractivity contribution in [1.29, 1.82) is 0 Å². The van der Waals surface area contributed by atoms with Crippen LogP contribution < -0.4 is 0 Å². The van der Waals surface area contributed by atoms with Crippen LogP contribution in [0.3, 0.4) is 0 Å². The lowest BCUT2D eigenvalue weighted by Crippen LogP contribution is -2.41. The first-order valence-electron chi connectivity index (χ1n) is 6.48. The second-order valence-electron chi connectivity index (χ2n) is 6.44. The van der Waals surface area contributed by atoms with Gasteiger partial charge in [0.1, 0.15) is 0 Å². The Morgan fingerprint density at radius 2 is 2.00 bits per heavy atom. The number of hydrogen-bond acceptors (Lipinski definition) is 2. The summed E-state index contributed by atoms with van der Waals surface area (Å²) in [5, 5.41) is 10.9. The molecule has 2 rings (SSSR count). The molecule has 1 aromatic rings. The van der Waals surface area contributed by atoms with Crippen molar-refractivity contribution < 1.29 is 5.11 Å². The van der Waals surface area contributed by atoms with E-state index in [1.54, 1.807) is 0 Å². The molecule has 17 heavy (non-hydrogen) atoms. The van der Waals surface area contributed by atoms with Gasteiger partial charge in [0.25, 0.3) is 0 Å². The number of rotatable bonds is 1. The fourth-order valence-corrected chi connectivity index (χ4v) is 3.10. The van der Waals surface area contributed by atoms with Crippen LogP contribution in [0.2, 0.25) is 0 Å². The largest absolute Gasteiger partial charge is 0.385 e. The number of pyridine rings is 1. The fourth-order valence-electron chi connectivity index (χ4n) is 3.10. The maximum atomic E-state index is 10.9. The van der Waals surface area contributed by atoms with E-state index in [-0.39, 0.29) is 5.92 Å². The Morgan fingerprint density at radius 1 is 1.29 bits per heavy atom. The van der Waals surface area contributed by atoms with E-state index in [0.717, 1.165) is 30.4 Å².